The smallest absolute Gasteiger partial charge is 0.170 e. The van der Waals surface area contributed by atoms with E-state index in [4.69, 9.17) is 0 Å². The van der Waals surface area contributed by atoms with Gasteiger partial charge in [0.05, 0.1) is 5.41 Å². The first kappa shape index (κ1) is 34.2. The van der Waals surface area contributed by atoms with Gasteiger partial charge in [0.1, 0.15) is 0 Å². The second kappa shape index (κ2) is 12.3. The van der Waals surface area contributed by atoms with Crippen molar-refractivity contribution in [2.45, 2.75) is 48.9 Å². The van der Waals surface area contributed by atoms with E-state index in [1.54, 1.807) is 5.57 Å². The molecule has 1 saturated carbocycles. The topological polar surface area (TPSA) is 17.1 Å². The van der Waals surface area contributed by atoms with E-state index in [2.05, 4.69) is 182 Å². The van der Waals surface area contributed by atoms with Crippen molar-refractivity contribution in [1.82, 2.24) is 0 Å². The Morgan fingerprint density at radius 3 is 1.74 bits per heavy atom. The third-order valence-electron chi connectivity index (χ3n) is 16.4. The Morgan fingerprint density at radius 1 is 0.541 bits per heavy atom. The lowest BCUT2D eigenvalue weighted by Crippen LogP contribution is -2.33. The van der Waals surface area contributed by atoms with Crippen molar-refractivity contribution in [3.8, 4) is 33.4 Å². The molecule has 0 heterocycles. The minimum Gasteiger partial charge on any atom is -0.293 e. The van der Waals surface area contributed by atoms with E-state index in [1.807, 2.05) is 0 Å². The molecule has 61 heavy (non-hydrogen) atoms. The number of rotatable bonds is 1. The zero-order chi connectivity index (χ0) is 40.0. The van der Waals surface area contributed by atoms with Crippen LogP contribution in [0, 0.1) is 17.8 Å². The Labute approximate surface area is 357 Å². The number of benzene rings is 6. The molecule has 2 spiro atoms. The van der Waals surface area contributed by atoms with Crippen LogP contribution in [0.5, 0.6) is 0 Å². The number of carbonyl (C=O) groups excluding carboxylic acids is 1. The van der Waals surface area contributed by atoms with E-state index in [1.165, 1.54) is 83.5 Å². The summed E-state index contributed by atoms with van der Waals surface area (Å²) in [6, 6.07) is 52.6. The molecule has 6 aromatic carbocycles. The van der Waals surface area contributed by atoms with Gasteiger partial charge in [0, 0.05) is 22.8 Å². The molecule has 0 aliphatic heterocycles. The van der Waals surface area contributed by atoms with Crippen LogP contribution in [-0.2, 0) is 15.6 Å². The quantitative estimate of drug-likeness (QED) is 0.162. The number of hydrogen-bond donors (Lipinski definition) is 0. The summed E-state index contributed by atoms with van der Waals surface area (Å²) >= 11 is 0. The van der Waals surface area contributed by atoms with E-state index in [0.717, 1.165) is 43.2 Å². The van der Waals surface area contributed by atoms with Crippen LogP contribution in [-0.4, -0.2) is 5.78 Å². The fraction of sp³-hybridized carbons (Fsp3) is 0.183. The lowest BCUT2D eigenvalue weighted by molar-refractivity contribution is -0.116. The highest BCUT2D eigenvalue weighted by Crippen LogP contribution is 2.69. The number of allylic oxidation sites excluding steroid dienone is 12. The van der Waals surface area contributed by atoms with Gasteiger partial charge in [0.25, 0.3) is 0 Å². The molecule has 0 amide bonds. The molecule has 1 heteroatoms. The van der Waals surface area contributed by atoms with Gasteiger partial charge in [-0.3, -0.25) is 4.79 Å². The van der Waals surface area contributed by atoms with E-state index in [-0.39, 0.29) is 11.3 Å². The van der Waals surface area contributed by atoms with E-state index in [9.17, 15) is 0 Å². The number of ketones is 1. The van der Waals surface area contributed by atoms with E-state index < -0.39 is 5.41 Å². The number of Topliss-reactive ketones (excluding diaryl/α,β-unsaturated/α-hetero) is 1. The fourth-order valence-corrected chi connectivity index (χ4v) is 14.2. The average Bonchev–Trinajstić information content (AvgIpc) is 3.99. The van der Waals surface area contributed by atoms with Gasteiger partial charge in [0.2, 0.25) is 0 Å². The van der Waals surface area contributed by atoms with Crippen molar-refractivity contribution >= 4 is 5.78 Å². The first-order chi connectivity index (χ1) is 30.2. The summed E-state index contributed by atoms with van der Waals surface area (Å²) in [7, 11) is 0. The van der Waals surface area contributed by atoms with Gasteiger partial charge in [-0.25, -0.2) is 0 Å². The first-order valence-electron chi connectivity index (χ1n) is 22.6. The Bertz CT molecular complexity index is 3060. The molecule has 0 bridgehead atoms. The molecule has 1 fully saturated rings. The van der Waals surface area contributed by atoms with Crippen LogP contribution in [0.15, 0.2) is 210 Å². The molecule has 4 unspecified atom stereocenters. The summed E-state index contributed by atoms with van der Waals surface area (Å²) in [6.45, 7) is 0. The summed E-state index contributed by atoms with van der Waals surface area (Å²) in [5.41, 5.74) is 23.5. The number of hydrogen-bond acceptors (Lipinski definition) is 1. The lowest BCUT2D eigenvalue weighted by atomic mass is 9.64. The molecule has 1 nitrogen and oxygen atoms in total. The predicted octanol–water partition coefficient (Wildman–Crippen LogP) is 13.7. The summed E-state index contributed by atoms with van der Waals surface area (Å²) < 4.78 is 0. The highest BCUT2D eigenvalue weighted by molar-refractivity contribution is 6.05. The van der Waals surface area contributed by atoms with Gasteiger partial charge in [-0.05, 0) is 133 Å². The van der Waals surface area contributed by atoms with Crippen LogP contribution >= 0.6 is 0 Å². The number of carbonyl (C=O) groups is 1. The van der Waals surface area contributed by atoms with Crippen molar-refractivity contribution in [3.05, 3.63) is 249 Å². The summed E-state index contributed by atoms with van der Waals surface area (Å²) in [6.07, 6.45) is 21.3. The third kappa shape index (κ3) is 4.15. The van der Waals surface area contributed by atoms with Crippen molar-refractivity contribution < 1.29 is 4.79 Å². The Hall–Kier alpha value is -6.57. The van der Waals surface area contributed by atoms with E-state index in [0.29, 0.717) is 23.5 Å². The van der Waals surface area contributed by atoms with Gasteiger partial charge in [-0.15, -0.1) is 0 Å². The molecule has 8 aliphatic rings. The molecule has 0 aromatic heterocycles. The van der Waals surface area contributed by atoms with Crippen LogP contribution in [0.25, 0.3) is 33.4 Å². The molecule has 0 radical (unpaired) electrons. The van der Waals surface area contributed by atoms with Crippen molar-refractivity contribution in [1.29, 1.82) is 0 Å². The van der Waals surface area contributed by atoms with Gasteiger partial charge in [-0.2, -0.15) is 0 Å². The van der Waals surface area contributed by atoms with Crippen molar-refractivity contribution in [2.75, 3.05) is 0 Å². The summed E-state index contributed by atoms with van der Waals surface area (Å²) in [5, 5.41) is 0. The monoisotopic (exact) mass is 780 g/mol. The van der Waals surface area contributed by atoms with E-state index >= 15 is 4.79 Å². The minimum absolute atomic E-state index is 0.208. The van der Waals surface area contributed by atoms with Crippen LogP contribution in [0.3, 0.4) is 0 Å². The molecular weight excluding hydrogens is 737 g/mol. The second-order valence-corrected chi connectivity index (χ2v) is 18.7. The highest BCUT2D eigenvalue weighted by atomic mass is 16.1. The Morgan fingerprint density at radius 2 is 1.10 bits per heavy atom. The highest BCUT2D eigenvalue weighted by Gasteiger charge is 2.61. The van der Waals surface area contributed by atoms with Crippen LogP contribution in [0.2, 0.25) is 0 Å². The van der Waals surface area contributed by atoms with Crippen molar-refractivity contribution in [3.63, 3.8) is 0 Å². The first-order valence-corrected chi connectivity index (χ1v) is 22.6. The van der Waals surface area contributed by atoms with Crippen LogP contribution in [0.1, 0.15) is 77.0 Å². The zero-order valence-electron chi connectivity index (χ0n) is 34.1. The fourth-order valence-electron chi connectivity index (χ4n) is 14.2. The Kier molecular flexibility index (Phi) is 6.87. The zero-order valence-corrected chi connectivity index (χ0v) is 34.1. The second-order valence-electron chi connectivity index (χ2n) is 18.7. The van der Waals surface area contributed by atoms with Gasteiger partial charge >= 0.3 is 0 Å². The van der Waals surface area contributed by atoms with Gasteiger partial charge < -0.3 is 0 Å². The number of fused-ring (bicyclic) bond motifs is 21. The molecule has 0 N–H and O–H groups in total. The molecule has 8 aliphatic carbocycles. The predicted molar refractivity (Wildman–Crippen MR) is 246 cm³/mol. The van der Waals surface area contributed by atoms with Crippen LogP contribution < -0.4 is 0 Å². The molecule has 0 saturated heterocycles. The molecule has 4 atom stereocenters. The maximum Gasteiger partial charge on any atom is 0.170 e. The normalized spacial score (nSPS) is 24.5. The maximum absolute atomic E-state index is 15.4. The van der Waals surface area contributed by atoms with Crippen LogP contribution in [0.4, 0.5) is 0 Å². The molecule has 290 valence electrons. The Balaban J connectivity index is 0.944. The SMILES string of the molecule is O=C1C2=C(CCC=C2)C2=C(C=C3C(C2)C2C=CC=CC2C32c3ccccc3-c3ccccc32)CCC1c1ccc2c(c1)C1(c3ccccc3-c3ccccc31)c1ccccc1-2. The average molecular weight is 781 g/mol. The lowest BCUT2D eigenvalue weighted by Gasteiger charge is -2.38. The van der Waals surface area contributed by atoms with Crippen molar-refractivity contribution in [2.24, 2.45) is 17.8 Å². The largest absolute Gasteiger partial charge is 0.293 e. The summed E-state index contributed by atoms with van der Waals surface area (Å²) in [5.74, 6) is 1.17. The van der Waals surface area contributed by atoms with Gasteiger partial charge in [-0.1, -0.05) is 188 Å². The molecule has 14 rings (SSSR count). The maximum atomic E-state index is 15.4. The molecular formula is C60H44O. The molecule has 6 aromatic rings. The third-order valence-corrected chi connectivity index (χ3v) is 16.4. The minimum atomic E-state index is -0.433. The summed E-state index contributed by atoms with van der Waals surface area (Å²) in [4.78, 5) is 15.4. The van der Waals surface area contributed by atoms with Gasteiger partial charge in [0.15, 0.2) is 5.78 Å². The standard InChI is InChI=1S/C60H44O/c61-58-38(36-30-32-46-44-20-7-13-27-54(44)59(56(46)33-36)50-23-9-3-16-40(50)41-17-4-10-24-51(41)59)31-29-37-34-57-49(35-48(37)39-15-1-2-22-47(39)58)45-21-8-14-28-55(45)60(57)52-25-11-5-18-42(52)43-19-6-12-26-53(43)60/h2-14,16-28,30,32-34,38,45,49,55H,1,15,29,31,35H2.